The maximum Gasteiger partial charge on any atom is 0.144 e. The molecule has 18 heavy (non-hydrogen) atoms. The van der Waals surface area contributed by atoms with E-state index in [0.29, 0.717) is 11.3 Å². The summed E-state index contributed by atoms with van der Waals surface area (Å²) < 4.78 is 0. The highest BCUT2D eigenvalue weighted by molar-refractivity contribution is 5.85. The Morgan fingerprint density at radius 1 is 1.44 bits per heavy atom. The molecule has 1 fully saturated rings. The number of amidine groups is 1. The number of nitrogens with zero attached hydrogens (tertiary/aromatic N) is 1. The van der Waals surface area contributed by atoms with E-state index in [2.05, 4.69) is 24.3 Å². The lowest BCUT2D eigenvalue weighted by atomic mass is 9.86. The van der Waals surface area contributed by atoms with Crippen molar-refractivity contribution in [2.75, 3.05) is 13.1 Å². The molecule has 1 aliphatic rings. The Balaban J connectivity index is 2.16. The molecule has 1 saturated carbocycles. The Labute approximate surface area is 111 Å². The first-order valence-electron chi connectivity index (χ1n) is 7.03. The third-order valence-electron chi connectivity index (χ3n) is 4.55. The fraction of sp³-hybridized carbons (Fsp3) is 0.929. The molecule has 0 aromatic rings. The largest absolute Gasteiger partial charge is 0.409 e. The fourth-order valence-electron chi connectivity index (χ4n) is 2.37. The molecule has 0 saturated heterocycles. The van der Waals surface area contributed by atoms with Gasteiger partial charge in [-0.15, -0.1) is 0 Å². The van der Waals surface area contributed by atoms with Crippen LogP contribution in [-0.4, -0.2) is 24.1 Å². The Morgan fingerprint density at radius 2 is 2.06 bits per heavy atom. The van der Waals surface area contributed by atoms with Crippen molar-refractivity contribution < 1.29 is 5.21 Å². The minimum atomic E-state index is -0.217. The van der Waals surface area contributed by atoms with E-state index in [1.54, 1.807) is 0 Å². The first kappa shape index (κ1) is 15.3. The summed E-state index contributed by atoms with van der Waals surface area (Å²) in [7, 11) is 0. The average Bonchev–Trinajstić information content (AvgIpc) is 3.08. The minimum absolute atomic E-state index is 0.217. The number of hydrogen-bond acceptors (Lipinski definition) is 3. The summed E-state index contributed by atoms with van der Waals surface area (Å²) in [6, 6.07) is 0. The predicted octanol–water partition coefficient (Wildman–Crippen LogP) is 2.57. The van der Waals surface area contributed by atoms with Gasteiger partial charge in [0.05, 0.1) is 0 Å². The summed E-state index contributed by atoms with van der Waals surface area (Å²) in [5.41, 5.74) is 6.02. The number of nitrogens with two attached hydrogens (primary N) is 1. The van der Waals surface area contributed by atoms with Gasteiger partial charge in [-0.05, 0) is 43.6 Å². The first-order chi connectivity index (χ1) is 8.34. The summed E-state index contributed by atoms with van der Waals surface area (Å²) in [4.78, 5) is 0. The smallest absolute Gasteiger partial charge is 0.144 e. The Kier molecular flexibility index (Phi) is 5.02. The van der Waals surface area contributed by atoms with Gasteiger partial charge in [-0.25, -0.2) is 0 Å². The molecule has 0 amide bonds. The third-order valence-corrected chi connectivity index (χ3v) is 4.55. The molecule has 0 aromatic heterocycles. The van der Waals surface area contributed by atoms with Crippen molar-refractivity contribution in [1.29, 1.82) is 0 Å². The normalized spacial score (nSPS) is 19.3. The van der Waals surface area contributed by atoms with Crippen molar-refractivity contribution >= 4 is 5.84 Å². The highest BCUT2D eigenvalue weighted by Gasteiger charge is 2.44. The van der Waals surface area contributed by atoms with E-state index in [0.717, 1.165) is 31.8 Å². The highest BCUT2D eigenvalue weighted by Crippen LogP contribution is 2.51. The number of hydrogen-bond donors (Lipinski definition) is 3. The van der Waals surface area contributed by atoms with E-state index in [9.17, 15) is 0 Å². The molecule has 1 aliphatic carbocycles. The molecule has 0 spiro atoms. The van der Waals surface area contributed by atoms with Crippen molar-refractivity contribution in [2.24, 2.45) is 27.6 Å². The van der Waals surface area contributed by atoms with Crippen LogP contribution in [0.25, 0.3) is 0 Å². The SMILES string of the molecule is CC(C)C1(CNCCCC(C)(C)C(N)=NO)CC1. The first-order valence-corrected chi connectivity index (χ1v) is 7.03. The van der Waals surface area contributed by atoms with Crippen molar-refractivity contribution in [3.8, 4) is 0 Å². The molecular weight excluding hydrogens is 226 g/mol. The molecule has 1 rings (SSSR count). The molecule has 0 aromatic carbocycles. The van der Waals surface area contributed by atoms with Gasteiger partial charge in [-0.2, -0.15) is 0 Å². The van der Waals surface area contributed by atoms with Crippen molar-refractivity contribution in [2.45, 2.75) is 53.4 Å². The van der Waals surface area contributed by atoms with Gasteiger partial charge in [0, 0.05) is 12.0 Å². The quantitative estimate of drug-likeness (QED) is 0.205. The van der Waals surface area contributed by atoms with Gasteiger partial charge in [0.1, 0.15) is 5.84 Å². The number of oxime groups is 1. The fourth-order valence-corrected chi connectivity index (χ4v) is 2.37. The second-order valence-corrected chi connectivity index (χ2v) is 6.67. The molecule has 0 unspecified atom stereocenters. The van der Waals surface area contributed by atoms with E-state index in [4.69, 9.17) is 10.9 Å². The lowest BCUT2D eigenvalue weighted by molar-refractivity contribution is 0.303. The molecular formula is C14H29N3O. The van der Waals surface area contributed by atoms with Crippen LogP contribution in [0.2, 0.25) is 0 Å². The van der Waals surface area contributed by atoms with Crippen LogP contribution in [0.4, 0.5) is 0 Å². The standard InChI is InChI=1S/C14H29N3O/c1-11(2)14(7-8-14)10-16-9-5-6-13(3,4)12(15)17-18/h11,16,18H,5-10H2,1-4H3,(H2,15,17). The summed E-state index contributed by atoms with van der Waals surface area (Å²) in [5.74, 6) is 1.10. The van der Waals surface area contributed by atoms with E-state index in [-0.39, 0.29) is 5.41 Å². The zero-order valence-electron chi connectivity index (χ0n) is 12.3. The molecule has 0 radical (unpaired) electrons. The second-order valence-electron chi connectivity index (χ2n) is 6.67. The van der Waals surface area contributed by atoms with Gasteiger partial charge in [0.2, 0.25) is 0 Å². The van der Waals surface area contributed by atoms with Crippen LogP contribution in [0.5, 0.6) is 0 Å². The zero-order valence-corrected chi connectivity index (χ0v) is 12.3. The topological polar surface area (TPSA) is 70.6 Å². The molecule has 4 heteroatoms. The van der Waals surface area contributed by atoms with Gasteiger partial charge in [0.15, 0.2) is 0 Å². The van der Waals surface area contributed by atoms with Crippen molar-refractivity contribution in [1.82, 2.24) is 5.32 Å². The Hall–Kier alpha value is -0.770. The third kappa shape index (κ3) is 3.87. The zero-order chi connectivity index (χ0) is 13.8. The summed E-state index contributed by atoms with van der Waals surface area (Å²) in [6.45, 7) is 10.8. The van der Waals surface area contributed by atoms with Crippen LogP contribution >= 0.6 is 0 Å². The Bertz CT molecular complexity index is 293. The van der Waals surface area contributed by atoms with Gasteiger partial charge in [0.25, 0.3) is 0 Å². The number of rotatable bonds is 8. The number of nitrogens with one attached hydrogen (secondary N) is 1. The van der Waals surface area contributed by atoms with Gasteiger partial charge < -0.3 is 16.3 Å². The second kappa shape index (κ2) is 5.91. The van der Waals surface area contributed by atoms with Gasteiger partial charge >= 0.3 is 0 Å². The monoisotopic (exact) mass is 255 g/mol. The van der Waals surface area contributed by atoms with Crippen molar-refractivity contribution in [3.63, 3.8) is 0 Å². The van der Waals surface area contributed by atoms with E-state index < -0.39 is 0 Å². The molecule has 4 N–H and O–H groups in total. The summed E-state index contributed by atoms with van der Waals surface area (Å²) in [5, 5.41) is 15.4. The molecule has 0 aliphatic heterocycles. The van der Waals surface area contributed by atoms with Crippen LogP contribution in [0.15, 0.2) is 5.16 Å². The van der Waals surface area contributed by atoms with E-state index in [1.165, 1.54) is 12.8 Å². The van der Waals surface area contributed by atoms with Crippen LogP contribution in [0, 0.1) is 16.7 Å². The average molecular weight is 255 g/mol. The van der Waals surface area contributed by atoms with Crippen LogP contribution in [0.3, 0.4) is 0 Å². The molecule has 0 bridgehead atoms. The van der Waals surface area contributed by atoms with Crippen molar-refractivity contribution in [3.05, 3.63) is 0 Å². The lowest BCUT2D eigenvalue weighted by Gasteiger charge is -2.24. The lowest BCUT2D eigenvalue weighted by Crippen LogP contribution is -2.33. The predicted molar refractivity (Wildman–Crippen MR) is 75.8 cm³/mol. The molecule has 4 nitrogen and oxygen atoms in total. The minimum Gasteiger partial charge on any atom is -0.409 e. The highest BCUT2D eigenvalue weighted by atomic mass is 16.4. The van der Waals surface area contributed by atoms with Gasteiger partial charge in [-0.3, -0.25) is 0 Å². The molecule has 106 valence electrons. The summed E-state index contributed by atoms with van der Waals surface area (Å²) >= 11 is 0. The van der Waals surface area contributed by atoms with Crippen LogP contribution in [-0.2, 0) is 0 Å². The van der Waals surface area contributed by atoms with Crippen LogP contribution < -0.4 is 11.1 Å². The van der Waals surface area contributed by atoms with E-state index in [1.807, 2.05) is 13.8 Å². The maximum atomic E-state index is 8.70. The molecule has 0 atom stereocenters. The Morgan fingerprint density at radius 3 is 2.50 bits per heavy atom. The van der Waals surface area contributed by atoms with Gasteiger partial charge in [-0.1, -0.05) is 32.9 Å². The summed E-state index contributed by atoms with van der Waals surface area (Å²) in [6.07, 6.45) is 4.72. The van der Waals surface area contributed by atoms with Crippen LogP contribution in [0.1, 0.15) is 53.4 Å². The van der Waals surface area contributed by atoms with E-state index >= 15 is 0 Å². The molecule has 0 heterocycles. The maximum absolute atomic E-state index is 8.70.